The number of imidazole rings is 1. The molecule has 0 radical (unpaired) electrons. The van der Waals surface area contributed by atoms with Gasteiger partial charge in [0.15, 0.2) is 5.58 Å². The summed E-state index contributed by atoms with van der Waals surface area (Å²) in [6.07, 6.45) is 0. The Bertz CT molecular complexity index is 1220. The number of aromatic nitrogens is 3. The predicted octanol–water partition coefficient (Wildman–Crippen LogP) is 3.09. The van der Waals surface area contributed by atoms with Crippen molar-refractivity contribution in [1.82, 2.24) is 19.4 Å². The van der Waals surface area contributed by atoms with Crippen LogP contribution < -0.4 is 5.76 Å². The van der Waals surface area contributed by atoms with Gasteiger partial charge in [0.25, 0.3) is 0 Å². The fraction of sp³-hybridized carbons (Fsp3) is 0.211. The molecule has 1 amide bonds. The standard InChI is InChI=1S/C19H17ClN4O3/c1-11-4-3-5-13-18(11)22-16(21-13)9-23(2)17(25)10-24-14-8-12(20)6-7-15(14)27-19(24)26/h3-8H,9-10H2,1-2H3,(H,21,22). The first-order valence-electron chi connectivity index (χ1n) is 8.39. The summed E-state index contributed by atoms with van der Waals surface area (Å²) < 4.78 is 6.45. The second kappa shape index (κ2) is 6.59. The maximum atomic E-state index is 12.6. The Morgan fingerprint density at radius 3 is 2.93 bits per heavy atom. The highest BCUT2D eigenvalue weighted by molar-refractivity contribution is 6.31. The number of rotatable bonds is 4. The van der Waals surface area contributed by atoms with Gasteiger partial charge in [-0.1, -0.05) is 23.7 Å². The van der Waals surface area contributed by atoms with Crippen molar-refractivity contribution in [2.75, 3.05) is 7.05 Å². The Hall–Kier alpha value is -3.06. The minimum Gasteiger partial charge on any atom is -0.408 e. The van der Waals surface area contributed by atoms with Crippen LogP contribution in [-0.2, 0) is 17.9 Å². The van der Waals surface area contributed by atoms with Crippen LogP contribution in [0.25, 0.3) is 22.1 Å². The summed E-state index contributed by atoms with van der Waals surface area (Å²) in [4.78, 5) is 34.0. The van der Waals surface area contributed by atoms with Gasteiger partial charge < -0.3 is 14.3 Å². The molecule has 4 rings (SSSR count). The zero-order chi connectivity index (χ0) is 19.1. The van der Waals surface area contributed by atoms with Gasteiger partial charge in [-0.3, -0.25) is 9.36 Å². The Labute approximate surface area is 159 Å². The van der Waals surface area contributed by atoms with Crippen LogP contribution >= 0.6 is 11.6 Å². The molecule has 7 nitrogen and oxygen atoms in total. The van der Waals surface area contributed by atoms with Gasteiger partial charge in [-0.15, -0.1) is 0 Å². The molecule has 0 unspecified atom stereocenters. The van der Waals surface area contributed by atoms with Gasteiger partial charge in [0.05, 0.1) is 23.1 Å². The van der Waals surface area contributed by atoms with E-state index in [9.17, 15) is 9.59 Å². The Balaban J connectivity index is 1.56. The molecule has 0 saturated carbocycles. The van der Waals surface area contributed by atoms with E-state index in [0.717, 1.165) is 16.6 Å². The number of fused-ring (bicyclic) bond motifs is 2. The van der Waals surface area contributed by atoms with Crippen LogP contribution in [0.2, 0.25) is 5.02 Å². The average molecular weight is 385 g/mol. The summed E-state index contributed by atoms with van der Waals surface area (Å²) in [6.45, 7) is 2.16. The lowest BCUT2D eigenvalue weighted by molar-refractivity contribution is -0.131. The molecule has 2 aromatic heterocycles. The molecule has 27 heavy (non-hydrogen) atoms. The molecule has 2 heterocycles. The quantitative estimate of drug-likeness (QED) is 0.586. The van der Waals surface area contributed by atoms with E-state index in [4.69, 9.17) is 16.0 Å². The van der Waals surface area contributed by atoms with Crippen molar-refractivity contribution in [2.45, 2.75) is 20.0 Å². The van der Waals surface area contributed by atoms with Gasteiger partial charge in [0, 0.05) is 12.1 Å². The molecular weight excluding hydrogens is 368 g/mol. The summed E-state index contributed by atoms with van der Waals surface area (Å²) in [5.74, 6) is -0.145. The van der Waals surface area contributed by atoms with Crippen molar-refractivity contribution in [3.8, 4) is 0 Å². The molecule has 0 fully saturated rings. The first kappa shape index (κ1) is 17.4. The third kappa shape index (κ3) is 3.21. The molecule has 0 spiro atoms. The topological polar surface area (TPSA) is 84.1 Å². The molecule has 0 saturated heterocycles. The number of H-pyrrole nitrogens is 1. The number of amides is 1. The maximum Gasteiger partial charge on any atom is 0.420 e. The molecule has 0 aliphatic carbocycles. The fourth-order valence-electron chi connectivity index (χ4n) is 3.06. The smallest absolute Gasteiger partial charge is 0.408 e. The van der Waals surface area contributed by atoms with E-state index in [2.05, 4.69) is 9.97 Å². The molecule has 1 N–H and O–H groups in total. The van der Waals surface area contributed by atoms with Crippen LogP contribution in [0.1, 0.15) is 11.4 Å². The van der Waals surface area contributed by atoms with E-state index < -0.39 is 5.76 Å². The predicted molar refractivity (Wildman–Crippen MR) is 103 cm³/mol. The minimum atomic E-state index is -0.589. The number of hydrogen-bond donors (Lipinski definition) is 1. The Kier molecular flexibility index (Phi) is 4.24. The zero-order valence-electron chi connectivity index (χ0n) is 14.8. The maximum absolute atomic E-state index is 12.6. The molecule has 8 heteroatoms. The van der Waals surface area contributed by atoms with Gasteiger partial charge in [0.2, 0.25) is 5.91 Å². The number of oxazole rings is 1. The van der Waals surface area contributed by atoms with Crippen LogP contribution in [0, 0.1) is 6.92 Å². The Morgan fingerprint density at radius 2 is 2.15 bits per heavy atom. The lowest BCUT2D eigenvalue weighted by Gasteiger charge is -2.15. The number of para-hydroxylation sites is 1. The number of aromatic amines is 1. The van der Waals surface area contributed by atoms with Gasteiger partial charge in [-0.25, -0.2) is 9.78 Å². The first-order chi connectivity index (χ1) is 12.9. The van der Waals surface area contributed by atoms with Crippen LogP contribution in [-0.4, -0.2) is 32.4 Å². The van der Waals surface area contributed by atoms with E-state index >= 15 is 0 Å². The van der Waals surface area contributed by atoms with Gasteiger partial charge in [0.1, 0.15) is 12.4 Å². The molecule has 138 valence electrons. The second-order valence-corrected chi connectivity index (χ2v) is 6.91. The molecule has 0 aliphatic rings. The van der Waals surface area contributed by atoms with Gasteiger partial charge in [-0.05, 0) is 36.8 Å². The van der Waals surface area contributed by atoms with Crippen molar-refractivity contribution in [2.24, 2.45) is 0 Å². The number of likely N-dealkylation sites (N-methyl/N-ethyl adjacent to an activating group) is 1. The highest BCUT2D eigenvalue weighted by Crippen LogP contribution is 2.19. The summed E-state index contributed by atoms with van der Waals surface area (Å²) in [5.41, 5.74) is 3.77. The van der Waals surface area contributed by atoms with E-state index in [-0.39, 0.29) is 12.5 Å². The van der Waals surface area contributed by atoms with Gasteiger partial charge >= 0.3 is 5.76 Å². The summed E-state index contributed by atoms with van der Waals surface area (Å²) >= 11 is 5.99. The van der Waals surface area contributed by atoms with Crippen molar-refractivity contribution >= 4 is 39.6 Å². The number of halogens is 1. The minimum absolute atomic E-state index is 0.137. The zero-order valence-corrected chi connectivity index (χ0v) is 15.6. The summed E-state index contributed by atoms with van der Waals surface area (Å²) in [7, 11) is 1.67. The highest BCUT2D eigenvalue weighted by Gasteiger charge is 2.17. The molecule has 2 aromatic carbocycles. The number of hydrogen-bond acceptors (Lipinski definition) is 4. The van der Waals surface area contributed by atoms with Crippen LogP contribution in [0.3, 0.4) is 0 Å². The van der Waals surface area contributed by atoms with E-state index in [1.165, 1.54) is 9.47 Å². The van der Waals surface area contributed by atoms with Gasteiger partial charge in [-0.2, -0.15) is 0 Å². The molecular formula is C19H17ClN4O3. The molecule has 4 aromatic rings. The van der Waals surface area contributed by atoms with Crippen LogP contribution in [0.15, 0.2) is 45.6 Å². The number of carbonyl (C=O) groups excluding carboxylic acids is 1. The average Bonchev–Trinajstić information content (AvgIpc) is 3.17. The number of benzene rings is 2. The van der Waals surface area contributed by atoms with Crippen LogP contribution in [0.5, 0.6) is 0 Å². The molecule has 0 bridgehead atoms. The van der Waals surface area contributed by atoms with E-state index in [1.807, 2.05) is 25.1 Å². The fourth-order valence-corrected chi connectivity index (χ4v) is 3.22. The Morgan fingerprint density at radius 1 is 1.33 bits per heavy atom. The van der Waals surface area contributed by atoms with Crippen molar-refractivity contribution in [3.05, 3.63) is 63.4 Å². The third-order valence-corrected chi connectivity index (χ3v) is 4.73. The normalized spacial score (nSPS) is 11.4. The van der Waals surface area contributed by atoms with Crippen molar-refractivity contribution in [1.29, 1.82) is 0 Å². The number of nitrogens with zero attached hydrogens (tertiary/aromatic N) is 3. The summed E-state index contributed by atoms with van der Waals surface area (Å²) in [6, 6.07) is 10.7. The van der Waals surface area contributed by atoms with Crippen molar-refractivity contribution < 1.29 is 9.21 Å². The lowest BCUT2D eigenvalue weighted by Crippen LogP contribution is -2.32. The van der Waals surface area contributed by atoms with E-state index in [1.54, 1.807) is 25.2 Å². The summed E-state index contributed by atoms with van der Waals surface area (Å²) in [5, 5.41) is 0.468. The number of aryl methyl sites for hydroxylation is 1. The monoisotopic (exact) mass is 384 g/mol. The van der Waals surface area contributed by atoms with Crippen molar-refractivity contribution in [3.63, 3.8) is 0 Å². The number of carbonyl (C=O) groups is 1. The lowest BCUT2D eigenvalue weighted by atomic mass is 10.2. The molecule has 0 atom stereocenters. The molecule has 0 aliphatic heterocycles. The van der Waals surface area contributed by atoms with E-state index in [0.29, 0.717) is 28.5 Å². The SMILES string of the molecule is Cc1cccc2[nH]c(CN(C)C(=O)Cn3c(=O)oc4ccc(Cl)cc43)nc12. The first-order valence-corrected chi connectivity index (χ1v) is 8.77. The third-order valence-electron chi connectivity index (χ3n) is 4.50. The van der Waals surface area contributed by atoms with Crippen LogP contribution in [0.4, 0.5) is 0 Å². The largest absolute Gasteiger partial charge is 0.420 e. The number of nitrogens with one attached hydrogen (secondary N) is 1. The second-order valence-electron chi connectivity index (χ2n) is 6.47. The highest BCUT2D eigenvalue weighted by atomic mass is 35.5.